The van der Waals surface area contributed by atoms with E-state index in [4.69, 9.17) is 21.3 Å². The molecule has 5 nitrogen and oxygen atoms in total. The molecule has 0 aliphatic heterocycles. The van der Waals surface area contributed by atoms with Gasteiger partial charge in [0.25, 0.3) is 5.56 Å². The van der Waals surface area contributed by atoms with Crippen LogP contribution in [0.5, 0.6) is 0 Å². The highest BCUT2D eigenvalue weighted by molar-refractivity contribution is 7.98. The van der Waals surface area contributed by atoms with Gasteiger partial charge in [-0.25, -0.2) is 9.78 Å². The summed E-state index contributed by atoms with van der Waals surface area (Å²) in [5.74, 6) is 0.147. The van der Waals surface area contributed by atoms with Crippen LogP contribution in [0.3, 0.4) is 0 Å². The van der Waals surface area contributed by atoms with Gasteiger partial charge in [-0.1, -0.05) is 71.9 Å². The highest BCUT2D eigenvalue weighted by Gasteiger charge is 2.22. The van der Waals surface area contributed by atoms with Crippen LogP contribution in [0.25, 0.3) is 10.2 Å². The largest absolute Gasteiger partial charge is 0.462 e. The molecular weight excluding hydrogens is 464 g/mol. The summed E-state index contributed by atoms with van der Waals surface area (Å²) in [7, 11) is 0. The molecule has 0 aliphatic rings. The molecule has 0 atom stereocenters. The van der Waals surface area contributed by atoms with Gasteiger partial charge in [-0.3, -0.25) is 9.36 Å². The number of halogens is 1. The molecule has 164 valence electrons. The van der Waals surface area contributed by atoms with E-state index in [-0.39, 0.29) is 12.2 Å². The maximum atomic E-state index is 13.6. The fourth-order valence-corrected chi connectivity index (χ4v) is 5.76. The van der Waals surface area contributed by atoms with E-state index in [9.17, 15) is 9.59 Å². The number of thiophene rings is 1. The lowest BCUT2D eigenvalue weighted by Crippen LogP contribution is -2.24. The predicted octanol–water partition coefficient (Wildman–Crippen LogP) is 5.94. The second-order valence-corrected chi connectivity index (χ2v) is 9.46. The van der Waals surface area contributed by atoms with Gasteiger partial charge in [-0.05, 0) is 36.6 Å². The smallest absolute Gasteiger partial charge is 0.348 e. The van der Waals surface area contributed by atoms with Gasteiger partial charge in [0.15, 0.2) is 5.16 Å². The van der Waals surface area contributed by atoms with Crippen molar-refractivity contribution in [3.63, 3.8) is 0 Å². The molecule has 4 rings (SSSR count). The summed E-state index contributed by atoms with van der Waals surface area (Å²) in [5.41, 5.74) is 2.42. The number of aryl methyl sites for hydroxylation is 1. The third-order valence-electron chi connectivity index (χ3n) is 4.97. The zero-order valence-corrected chi connectivity index (χ0v) is 20.0. The molecule has 0 aliphatic carbocycles. The number of fused-ring (bicyclic) bond motifs is 1. The molecule has 2 heterocycles. The number of ether oxygens (including phenoxy) is 1. The molecule has 8 heteroatoms. The molecule has 0 spiro atoms. The van der Waals surface area contributed by atoms with Gasteiger partial charge < -0.3 is 4.74 Å². The van der Waals surface area contributed by atoms with E-state index in [2.05, 4.69) is 0 Å². The second-order valence-electron chi connectivity index (χ2n) is 7.11. The molecule has 0 amide bonds. The van der Waals surface area contributed by atoms with Crippen LogP contribution >= 0.6 is 34.7 Å². The second kappa shape index (κ2) is 9.90. The lowest BCUT2D eigenvalue weighted by atomic mass is 10.2. The number of benzene rings is 2. The number of hydrogen-bond acceptors (Lipinski definition) is 6. The first kappa shape index (κ1) is 22.6. The minimum Gasteiger partial charge on any atom is -0.462 e. The number of rotatable bonds is 7. The number of nitrogens with zero attached hydrogens (tertiary/aromatic N) is 2. The van der Waals surface area contributed by atoms with Gasteiger partial charge in [0.05, 0.1) is 18.5 Å². The Morgan fingerprint density at radius 3 is 2.59 bits per heavy atom. The summed E-state index contributed by atoms with van der Waals surface area (Å²) >= 11 is 8.98. The summed E-state index contributed by atoms with van der Waals surface area (Å²) in [6, 6.07) is 17.4. The van der Waals surface area contributed by atoms with Crippen molar-refractivity contribution in [1.29, 1.82) is 0 Å². The summed E-state index contributed by atoms with van der Waals surface area (Å²) in [6.45, 7) is 4.20. The zero-order valence-electron chi connectivity index (χ0n) is 17.6. The van der Waals surface area contributed by atoms with Gasteiger partial charge in [0, 0.05) is 10.8 Å². The first-order chi connectivity index (χ1) is 15.5. The molecule has 0 saturated carbocycles. The van der Waals surface area contributed by atoms with Crippen LogP contribution in [0.4, 0.5) is 0 Å². The Morgan fingerprint density at radius 1 is 1.16 bits per heavy atom. The fourth-order valence-electron chi connectivity index (χ4n) is 3.36. The Labute approximate surface area is 199 Å². The monoisotopic (exact) mass is 484 g/mol. The van der Waals surface area contributed by atoms with Crippen molar-refractivity contribution in [2.45, 2.75) is 31.3 Å². The van der Waals surface area contributed by atoms with Gasteiger partial charge in [-0.15, -0.1) is 11.3 Å². The predicted molar refractivity (Wildman–Crippen MR) is 131 cm³/mol. The van der Waals surface area contributed by atoms with Crippen molar-refractivity contribution in [2.24, 2.45) is 0 Å². The average molecular weight is 485 g/mol. The minimum atomic E-state index is -0.424. The number of hydrogen-bond donors (Lipinski definition) is 0. The average Bonchev–Trinajstić information content (AvgIpc) is 3.13. The van der Waals surface area contributed by atoms with Crippen LogP contribution in [-0.2, 0) is 17.0 Å². The molecule has 0 bridgehead atoms. The van der Waals surface area contributed by atoms with Crippen LogP contribution in [0.2, 0.25) is 5.02 Å². The van der Waals surface area contributed by atoms with Crippen LogP contribution in [-0.4, -0.2) is 22.1 Å². The Kier molecular flexibility index (Phi) is 6.98. The van der Waals surface area contributed by atoms with E-state index in [0.717, 1.165) is 11.1 Å². The number of carbonyl (C=O) groups excluding carboxylic acids is 1. The molecule has 2 aromatic heterocycles. The number of aromatic nitrogens is 2. The normalized spacial score (nSPS) is 11.1. The molecule has 0 saturated heterocycles. The highest BCUT2D eigenvalue weighted by Crippen LogP contribution is 2.31. The Morgan fingerprint density at radius 2 is 1.88 bits per heavy atom. The van der Waals surface area contributed by atoms with E-state index in [1.54, 1.807) is 18.4 Å². The Hall–Kier alpha value is -2.61. The van der Waals surface area contributed by atoms with Crippen LogP contribution in [0.15, 0.2) is 64.5 Å². The molecule has 0 radical (unpaired) electrons. The van der Waals surface area contributed by atoms with Crippen molar-refractivity contribution in [3.8, 4) is 0 Å². The molecular formula is C24H21ClN2O3S2. The topological polar surface area (TPSA) is 61.2 Å². The molecule has 0 fully saturated rings. The van der Waals surface area contributed by atoms with Crippen molar-refractivity contribution in [3.05, 3.63) is 91.5 Å². The van der Waals surface area contributed by atoms with Gasteiger partial charge in [0.2, 0.25) is 0 Å². The molecule has 0 unspecified atom stereocenters. The zero-order chi connectivity index (χ0) is 22.7. The van der Waals surface area contributed by atoms with E-state index in [0.29, 0.717) is 43.1 Å². The maximum absolute atomic E-state index is 13.6. The first-order valence-electron chi connectivity index (χ1n) is 10.1. The lowest BCUT2D eigenvalue weighted by molar-refractivity contribution is 0.0531. The minimum absolute atomic E-state index is 0.162. The van der Waals surface area contributed by atoms with E-state index >= 15 is 0 Å². The summed E-state index contributed by atoms with van der Waals surface area (Å²) < 4.78 is 6.84. The van der Waals surface area contributed by atoms with Crippen LogP contribution in [0, 0.1) is 6.92 Å². The van der Waals surface area contributed by atoms with Gasteiger partial charge in [-0.2, -0.15) is 0 Å². The molecule has 4 aromatic rings. The van der Waals surface area contributed by atoms with Gasteiger partial charge >= 0.3 is 5.97 Å². The summed E-state index contributed by atoms with van der Waals surface area (Å²) in [5, 5.41) is 1.73. The van der Waals surface area contributed by atoms with E-state index in [1.807, 2.05) is 54.6 Å². The molecule has 0 N–H and O–H groups in total. The Balaban J connectivity index is 1.82. The van der Waals surface area contributed by atoms with E-state index < -0.39 is 5.97 Å². The lowest BCUT2D eigenvalue weighted by Gasteiger charge is -2.13. The summed E-state index contributed by atoms with van der Waals surface area (Å²) in [4.78, 5) is 31.7. The van der Waals surface area contributed by atoms with Crippen molar-refractivity contribution < 1.29 is 9.53 Å². The molecule has 2 aromatic carbocycles. The molecule has 32 heavy (non-hydrogen) atoms. The van der Waals surface area contributed by atoms with Crippen molar-refractivity contribution >= 4 is 50.9 Å². The number of thioether (sulfide) groups is 1. The third-order valence-corrected chi connectivity index (χ3v) is 7.53. The van der Waals surface area contributed by atoms with Crippen LogP contribution in [0.1, 0.15) is 33.3 Å². The number of esters is 1. The quantitative estimate of drug-likeness (QED) is 0.184. The van der Waals surface area contributed by atoms with Crippen molar-refractivity contribution in [1.82, 2.24) is 9.55 Å². The van der Waals surface area contributed by atoms with E-state index in [1.165, 1.54) is 23.1 Å². The first-order valence-corrected chi connectivity index (χ1v) is 12.3. The number of carbonyl (C=O) groups is 1. The highest BCUT2D eigenvalue weighted by atomic mass is 35.5. The SMILES string of the molecule is CCOC(=O)c1sc2nc(SCc3ccccc3Cl)n(Cc3ccccc3)c(=O)c2c1C. The third kappa shape index (κ3) is 4.60. The fraction of sp³-hybridized carbons (Fsp3) is 0.208. The van der Waals surface area contributed by atoms with Gasteiger partial charge in [0.1, 0.15) is 9.71 Å². The maximum Gasteiger partial charge on any atom is 0.348 e. The Bertz CT molecular complexity index is 1330. The van der Waals surface area contributed by atoms with Crippen LogP contribution < -0.4 is 5.56 Å². The summed E-state index contributed by atoms with van der Waals surface area (Å²) in [6.07, 6.45) is 0. The standard InChI is InChI=1S/C24H21ClN2O3S2/c1-3-30-23(29)20-15(2)19-21(32-20)26-24(31-14-17-11-7-8-12-18(17)25)27(22(19)28)13-16-9-5-4-6-10-16/h4-12H,3,13-14H2,1-2H3. The van der Waals surface area contributed by atoms with Crippen molar-refractivity contribution in [2.75, 3.05) is 6.61 Å².